The number of pyridine rings is 1. The molecule has 0 fully saturated rings. The van der Waals surface area contributed by atoms with Crippen molar-refractivity contribution in [3.63, 3.8) is 0 Å². The highest BCUT2D eigenvalue weighted by atomic mass is 79.9. The molecule has 0 aliphatic heterocycles. The Bertz CT molecular complexity index is 360. The van der Waals surface area contributed by atoms with E-state index in [0.717, 1.165) is 10.9 Å². The van der Waals surface area contributed by atoms with Crippen LogP contribution in [0.2, 0.25) is 0 Å². The predicted octanol–water partition coefficient (Wildman–Crippen LogP) is 1.38. The summed E-state index contributed by atoms with van der Waals surface area (Å²) in [6.07, 6.45) is 4.00. The molecule has 1 aromatic heterocycles. The summed E-state index contributed by atoms with van der Waals surface area (Å²) in [4.78, 5) is 15.3. The Balaban J connectivity index is 2.19. The number of rotatable bonds is 7. The molecule has 0 aromatic carbocycles. The Morgan fingerprint density at radius 2 is 2.35 bits per heavy atom. The molecule has 17 heavy (non-hydrogen) atoms. The van der Waals surface area contributed by atoms with E-state index in [9.17, 15) is 4.79 Å². The van der Waals surface area contributed by atoms with Crippen LogP contribution in [0.1, 0.15) is 6.42 Å². The minimum atomic E-state index is -0.152. The number of methoxy groups -OCH3 is 1. The molecular weight excluding hydrogens is 288 g/mol. The molecular formula is C11H15BrN2O3. The first-order valence-electron chi connectivity index (χ1n) is 5.21. The van der Waals surface area contributed by atoms with E-state index in [1.807, 2.05) is 0 Å². The van der Waals surface area contributed by atoms with Crippen LogP contribution in [-0.2, 0) is 9.53 Å². The number of carbonyl (C=O) groups excluding carboxylic acids is 1. The zero-order valence-corrected chi connectivity index (χ0v) is 11.2. The number of nitrogens with one attached hydrogen (secondary N) is 1. The maximum Gasteiger partial charge on any atom is 0.257 e. The van der Waals surface area contributed by atoms with Gasteiger partial charge in [-0.3, -0.25) is 9.78 Å². The van der Waals surface area contributed by atoms with Gasteiger partial charge in [-0.25, -0.2) is 0 Å². The van der Waals surface area contributed by atoms with Gasteiger partial charge in [0.25, 0.3) is 5.91 Å². The minimum absolute atomic E-state index is 0.00881. The maximum atomic E-state index is 11.4. The molecule has 0 saturated carbocycles. The largest absolute Gasteiger partial charge is 0.482 e. The highest BCUT2D eigenvalue weighted by Gasteiger charge is 2.02. The molecule has 94 valence electrons. The monoisotopic (exact) mass is 302 g/mol. The van der Waals surface area contributed by atoms with Gasteiger partial charge in [-0.2, -0.15) is 0 Å². The zero-order chi connectivity index (χ0) is 12.5. The Morgan fingerprint density at radius 1 is 1.53 bits per heavy atom. The van der Waals surface area contributed by atoms with Crippen molar-refractivity contribution < 1.29 is 14.3 Å². The van der Waals surface area contributed by atoms with Crippen molar-refractivity contribution in [2.45, 2.75) is 6.42 Å². The third-order valence-corrected chi connectivity index (χ3v) is 2.33. The summed E-state index contributed by atoms with van der Waals surface area (Å²) in [6.45, 7) is 1.22. The lowest BCUT2D eigenvalue weighted by molar-refractivity contribution is -0.123. The number of carbonyl (C=O) groups is 1. The zero-order valence-electron chi connectivity index (χ0n) is 9.61. The quantitative estimate of drug-likeness (QED) is 0.773. The van der Waals surface area contributed by atoms with E-state index in [0.29, 0.717) is 18.9 Å². The molecule has 0 unspecified atom stereocenters. The molecule has 0 aliphatic rings. The van der Waals surface area contributed by atoms with Crippen LogP contribution in [0.25, 0.3) is 0 Å². The highest BCUT2D eigenvalue weighted by Crippen LogP contribution is 2.15. The average molecular weight is 303 g/mol. The van der Waals surface area contributed by atoms with Crippen LogP contribution >= 0.6 is 15.9 Å². The molecule has 1 aromatic rings. The third-order valence-electron chi connectivity index (χ3n) is 1.90. The summed E-state index contributed by atoms with van der Waals surface area (Å²) >= 11 is 3.27. The first-order chi connectivity index (χ1) is 8.22. The average Bonchev–Trinajstić information content (AvgIpc) is 2.32. The van der Waals surface area contributed by atoms with E-state index in [-0.39, 0.29) is 12.5 Å². The summed E-state index contributed by atoms with van der Waals surface area (Å²) in [7, 11) is 1.63. The number of aromatic nitrogens is 1. The number of hydrogen-bond donors (Lipinski definition) is 1. The lowest BCUT2D eigenvalue weighted by atomic mass is 10.4. The third kappa shape index (κ3) is 6.23. The SMILES string of the molecule is COCCCNC(=O)COc1cncc(Br)c1. The van der Waals surface area contributed by atoms with E-state index >= 15 is 0 Å². The van der Waals surface area contributed by atoms with Crippen molar-refractivity contribution in [2.75, 3.05) is 26.9 Å². The normalized spacial score (nSPS) is 10.0. The number of halogens is 1. The first-order valence-corrected chi connectivity index (χ1v) is 6.00. The van der Waals surface area contributed by atoms with Crippen molar-refractivity contribution >= 4 is 21.8 Å². The van der Waals surface area contributed by atoms with Gasteiger partial charge in [0.15, 0.2) is 6.61 Å². The molecule has 6 heteroatoms. The molecule has 1 rings (SSSR count). The van der Waals surface area contributed by atoms with Crippen LogP contribution in [0.5, 0.6) is 5.75 Å². The van der Waals surface area contributed by atoms with Crippen LogP contribution < -0.4 is 10.1 Å². The number of amides is 1. The van der Waals surface area contributed by atoms with Crippen molar-refractivity contribution in [3.8, 4) is 5.75 Å². The lowest BCUT2D eigenvalue weighted by Crippen LogP contribution is -2.30. The molecule has 0 bridgehead atoms. The molecule has 0 aliphatic carbocycles. The molecule has 1 N–H and O–H groups in total. The fraction of sp³-hybridized carbons (Fsp3) is 0.455. The summed E-state index contributed by atoms with van der Waals surface area (Å²) in [6, 6.07) is 1.76. The van der Waals surface area contributed by atoms with Gasteiger partial charge < -0.3 is 14.8 Å². The second-order valence-electron chi connectivity index (χ2n) is 3.32. The number of nitrogens with zero attached hydrogens (tertiary/aromatic N) is 1. The smallest absolute Gasteiger partial charge is 0.257 e. The fourth-order valence-corrected chi connectivity index (χ4v) is 1.46. The van der Waals surface area contributed by atoms with Crippen LogP contribution in [0.15, 0.2) is 22.9 Å². The lowest BCUT2D eigenvalue weighted by Gasteiger charge is -2.07. The minimum Gasteiger partial charge on any atom is -0.482 e. The van der Waals surface area contributed by atoms with Gasteiger partial charge in [0.05, 0.1) is 6.20 Å². The molecule has 1 heterocycles. The van der Waals surface area contributed by atoms with Gasteiger partial charge in [0.1, 0.15) is 5.75 Å². The standard InChI is InChI=1S/C11H15BrN2O3/c1-16-4-2-3-14-11(15)8-17-10-5-9(12)6-13-7-10/h5-7H,2-4,8H2,1H3,(H,14,15). The van der Waals surface area contributed by atoms with Gasteiger partial charge in [-0.1, -0.05) is 0 Å². The van der Waals surface area contributed by atoms with Gasteiger partial charge in [0.2, 0.25) is 0 Å². The van der Waals surface area contributed by atoms with Crippen molar-refractivity contribution in [2.24, 2.45) is 0 Å². The maximum absolute atomic E-state index is 11.4. The van der Waals surface area contributed by atoms with Crippen LogP contribution in [0.3, 0.4) is 0 Å². The van der Waals surface area contributed by atoms with E-state index in [2.05, 4.69) is 26.2 Å². The Kier molecular flexibility index (Phi) is 6.57. The molecule has 0 spiro atoms. The van der Waals surface area contributed by atoms with E-state index in [1.54, 1.807) is 25.6 Å². The number of hydrogen-bond acceptors (Lipinski definition) is 4. The molecule has 5 nitrogen and oxygen atoms in total. The predicted molar refractivity (Wildman–Crippen MR) is 66.9 cm³/mol. The molecule has 1 amide bonds. The van der Waals surface area contributed by atoms with E-state index in [1.165, 1.54) is 0 Å². The van der Waals surface area contributed by atoms with Crippen LogP contribution in [-0.4, -0.2) is 37.8 Å². The topological polar surface area (TPSA) is 60.5 Å². The summed E-state index contributed by atoms with van der Waals surface area (Å²) in [5, 5.41) is 2.73. The Labute approximate surface area is 109 Å². The second kappa shape index (κ2) is 8.03. The van der Waals surface area contributed by atoms with Crippen LogP contribution in [0, 0.1) is 0 Å². The van der Waals surface area contributed by atoms with Crippen molar-refractivity contribution in [1.82, 2.24) is 10.3 Å². The van der Waals surface area contributed by atoms with Crippen molar-refractivity contribution in [3.05, 3.63) is 22.9 Å². The molecule has 0 atom stereocenters. The van der Waals surface area contributed by atoms with Gasteiger partial charge in [0, 0.05) is 30.9 Å². The second-order valence-corrected chi connectivity index (χ2v) is 4.24. The molecule has 0 radical (unpaired) electrons. The molecule has 0 saturated heterocycles. The van der Waals surface area contributed by atoms with E-state index < -0.39 is 0 Å². The summed E-state index contributed by atoms with van der Waals surface area (Å²) in [5.74, 6) is 0.410. The van der Waals surface area contributed by atoms with Gasteiger partial charge in [-0.15, -0.1) is 0 Å². The first kappa shape index (κ1) is 13.9. The number of ether oxygens (including phenoxy) is 2. The Morgan fingerprint density at radius 3 is 3.06 bits per heavy atom. The summed E-state index contributed by atoms with van der Waals surface area (Å²) < 4.78 is 11.0. The van der Waals surface area contributed by atoms with E-state index in [4.69, 9.17) is 9.47 Å². The Hall–Kier alpha value is -1.14. The van der Waals surface area contributed by atoms with Crippen molar-refractivity contribution in [1.29, 1.82) is 0 Å². The summed E-state index contributed by atoms with van der Waals surface area (Å²) in [5.41, 5.74) is 0. The highest BCUT2D eigenvalue weighted by molar-refractivity contribution is 9.10. The fourth-order valence-electron chi connectivity index (χ4n) is 1.12. The van der Waals surface area contributed by atoms with Gasteiger partial charge >= 0.3 is 0 Å². The van der Waals surface area contributed by atoms with Gasteiger partial charge in [-0.05, 0) is 28.4 Å². The van der Waals surface area contributed by atoms with Crippen LogP contribution in [0.4, 0.5) is 0 Å².